The molecular formula is C9H12N4O. The van der Waals surface area contributed by atoms with E-state index in [2.05, 4.69) is 15.8 Å². The van der Waals surface area contributed by atoms with Gasteiger partial charge in [0.05, 0.1) is 12.1 Å². The van der Waals surface area contributed by atoms with Crippen molar-refractivity contribution < 1.29 is 4.79 Å². The fourth-order valence-corrected chi connectivity index (χ4v) is 1.50. The van der Waals surface area contributed by atoms with Gasteiger partial charge in [-0.05, 0) is 12.1 Å². The summed E-state index contributed by atoms with van der Waals surface area (Å²) in [7, 11) is 0. The van der Waals surface area contributed by atoms with Crippen LogP contribution in [0.5, 0.6) is 0 Å². The molecule has 0 bridgehead atoms. The zero-order valence-corrected chi connectivity index (χ0v) is 7.60. The van der Waals surface area contributed by atoms with Gasteiger partial charge in [0.1, 0.15) is 0 Å². The fraction of sp³-hybridized carbons (Fsp3) is 0.333. The van der Waals surface area contributed by atoms with Crippen molar-refractivity contribution in [3.63, 3.8) is 0 Å². The number of hydrogen-bond acceptors (Lipinski definition) is 5. The Balaban J connectivity index is 2.16. The van der Waals surface area contributed by atoms with Gasteiger partial charge in [-0.2, -0.15) is 0 Å². The van der Waals surface area contributed by atoms with Crippen molar-refractivity contribution in [3.8, 4) is 0 Å². The SMILES string of the molecule is NC1NNCC1C(=O)c1ccncc1. The third-order valence-corrected chi connectivity index (χ3v) is 2.33. The topological polar surface area (TPSA) is 80.0 Å². The van der Waals surface area contributed by atoms with Gasteiger partial charge in [0.25, 0.3) is 0 Å². The van der Waals surface area contributed by atoms with Crippen LogP contribution in [0.4, 0.5) is 0 Å². The molecule has 2 rings (SSSR count). The Morgan fingerprint density at radius 2 is 2.21 bits per heavy atom. The largest absolute Gasteiger partial charge is 0.314 e. The number of nitrogens with two attached hydrogens (primary N) is 1. The Bertz CT molecular complexity index is 327. The zero-order chi connectivity index (χ0) is 9.97. The van der Waals surface area contributed by atoms with Crippen molar-refractivity contribution in [2.45, 2.75) is 6.17 Å². The molecule has 74 valence electrons. The van der Waals surface area contributed by atoms with Crippen molar-refractivity contribution in [2.24, 2.45) is 11.7 Å². The number of hydrazine groups is 1. The molecule has 14 heavy (non-hydrogen) atoms. The predicted molar refractivity (Wildman–Crippen MR) is 51.2 cm³/mol. The molecule has 0 saturated carbocycles. The standard InChI is InChI=1S/C9H12N4O/c10-9-7(5-12-13-9)8(14)6-1-3-11-4-2-6/h1-4,7,9,12-13H,5,10H2. The summed E-state index contributed by atoms with van der Waals surface area (Å²) in [5.74, 6) is -0.144. The Labute approximate surface area is 81.7 Å². The second-order valence-electron chi connectivity index (χ2n) is 3.26. The third-order valence-electron chi connectivity index (χ3n) is 2.33. The smallest absolute Gasteiger partial charge is 0.170 e. The first-order chi connectivity index (χ1) is 6.79. The molecule has 0 radical (unpaired) electrons. The summed E-state index contributed by atoms with van der Waals surface area (Å²) in [4.78, 5) is 15.7. The summed E-state index contributed by atoms with van der Waals surface area (Å²) < 4.78 is 0. The molecule has 0 aliphatic carbocycles. The second kappa shape index (κ2) is 3.83. The highest BCUT2D eigenvalue weighted by Gasteiger charge is 2.30. The van der Waals surface area contributed by atoms with Crippen LogP contribution >= 0.6 is 0 Å². The van der Waals surface area contributed by atoms with Crippen LogP contribution in [0.2, 0.25) is 0 Å². The van der Waals surface area contributed by atoms with Crippen molar-refractivity contribution in [3.05, 3.63) is 30.1 Å². The first kappa shape index (κ1) is 9.26. The number of hydrogen-bond donors (Lipinski definition) is 3. The number of ketones is 1. The molecule has 5 heteroatoms. The van der Waals surface area contributed by atoms with Crippen LogP contribution in [0, 0.1) is 5.92 Å². The molecule has 2 unspecified atom stereocenters. The van der Waals surface area contributed by atoms with Crippen LogP contribution in [0.1, 0.15) is 10.4 Å². The molecule has 2 atom stereocenters. The van der Waals surface area contributed by atoms with Crippen LogP contribution in [-0.2, 0) is 0 Å². The first-order valence-corrected chi connectivity index (χ1v) is 4.47. The quantitative estimate of drug-likeness (QED) is 0.538. The fourth-order valence-electron chi connectivity index (χ4n) is 1.50. The number of Topliss-reactive ketones (excluding diaryl/α,β-unsaturated/α-hetero) is 1. The maximum atomic E-state index is 11.9. The van der Waals surface area contributed by atoms with E-state index >= 15 is 0 Å². The van der Waals surface area contributed by atoms with Crippen LogP contribution in [0.25, 0.3) is 0 Å². The van der Waals surface area contributed by atoms with Crippen LogP contribution < -0.4 is 16.6 Å². The number of pyridine rings is 1. The van der Waals surface area contributed by atoms with Gasteiger partial charge in [0.15, 0.2) is 5.78 Å². The summed E-state index contributed by atoms with van der Waals surface area (Å²) in [5.41, 5.74) is 12.0. The molecule has 0 amide bonds. The van der Waals surface area contributed by atoms with Gasteiger partial charge in [0, 0.05) is 24.5 Å². The van der Waals surface area contributed by atoms with Crippen molar-refractivity contribution in [1.82, 2.24) is 15.8 Å². The minimum atomic E-state index is -0.310. The molecule has 1 aliphatic rings. The van der Waals surface area contributed by atoms with Gasteiger partial charge in [-0.25, -0.2) is 5.43 Å². The Morgan fingerprint density at radius 3 is 2.79 bits per heavy atom. The van der Waals surface area contributed by atoms with Gasteiger partial charge >= 0.3 is 0 Å². The highest BCUT2D eigenvalue weighted by Crippen LogP contribution is 2.11. The Kier molecular flexibility index (Phi) is 2.53. The minimum Gasteiger partial charge on any atom is -0.314 e. The van der Waals surface area contributed by atoms with Crippen LogP contribution in [0.3, 0.4) is 0 Å². The summed E-state index contributed by atoms with van der Waals surface area (Å²) in [5, 5.41) is 0. The molecule has 0 aromatic carbocycles. The molecule has 1 fully saturated rings. The first-order valence-electron chi connectivity index (χ1n) is 4.47. The maximum absolute atomic E-state index is 11.9. The Morgan fingerprint density at radius 1 is 1.50 bits per heavy atom. The summed E-state index contributed by atoms with van der Waals surface area (Å²) in [6.07, 6.45) is 2.90. The molecule has 4 N–H and O–H groups in total. The summed E-state index contributed by atoms with van der Waals surface area (Å²) in [6, 6.07) is 3.40. The molecule has 1 aliphatic heterocycles. The predicted octanol–water partition coefficient (Wildman–Crippen LogP) is -0.727. The highest BCUT2D eigenvalue weighted by molar-refractivity contribution is 5.98. The van der Waals surface area contributed by atoms with E-state index in [1.54, 1.807) is 24.5 Å². The molecule has 0 spiro atoms. The lowest BCUT2D eigenvalue weighted by molar-refractivity contribution is 0.0919. The van der Waals surface area contributed by atoms with Gasteiger partial charge in [-0.15, -0.1) is 0 Å². The molecular weight excluding hydrogens is 180 g/mol. The number of rotatable bonds is 2. The molecule has 1 saturated heterocycles. The van der Waals surface area contributed by atoms with E-state index in [0.29, 0.717) is 12.1 Å². The Hall–Kier alpha value is -1.30. The molecule has 2 heterocycles. The van der Waals surface area contributed by atoms with Crippen LogP contribution in [0.15, 0.2) is 24.5 Å². The van der Waals surface area contributed by atoms with Gasteiger partial charge in [-0.3, -0.25) is 15.2 Å². The summed E-state index contributed by atoms with van der Waals surface area (Å²) in [6.45, 7) is 0.572. The second-order valence-corrected chi connectivity index (χ2v) is 3.26. The van der Waals surface area contributed by atoms with Gasteiger partial charge in [0.2, 0.25) is 0 Å². The van der Waals surface area contributed by atoms with Gasteiger partial charge < -0.3 is 5.73 Å². The molecule has 1 aromatic rings. The van der Waals surface area contributed by atoms with Gasteiger partial charge in [-0.1, -0.05) is 0 Å². The maximum Gasteiger partial charge on any atom is 0.170 e. The minimum absolute atomic E-state index is 0.0531. The number of aromatic nitrogens is 1. The zero-order valence-electron chi connectivity index (χ0n) is 7.60. The van der Waals surface area contributed by atoms with E-state index < -0.39 is 0 Å². The summed E-state index contributed by atoms with van der Waals surface area (Å²) >= 11 is 0. The van der Waals surface area contributed by atoms with Crippen molar-refractivity contribution in [1.29, 1.82) is 0 Å². The highest BCUT2D eigenvalue weighted by atomic mass is 16.1. The average Bonchev–Trinajstić information content (AvgIpc) is 2.65. The lowest BCUT2D eigenvalue weighted by Crippen LogP contribution is -2.41. The van der Waals surface area contributed by atoms with Crippen molar-refractivity contribution >= 4 is 5.78 Å². The number of carbonyl (C=O) groups is 1. The lowest BCUT2D eigenvalue weighted by Gasteiger charge is -2.11. The van der Waals surface area contributed by atoms with E-state index in [4.69, 9.17) is 5.73 Å². The van der Waals surface area contributed by atoms with E-state index in [9.17, 15) is 4.79 Å². The van der Waals surface area contributed by atoms with Crippen LogP contribution in [-0.4, -0.2) is 23.5 Å². The average molecular weight is 192 g/mol. The molecule has 1 aromatic heterocycles. The third kappa shape index (κ3) is 1.65. The number of nitrogens with one attached hydrogen (secondary N) is 2. The monoisotopic (exact) mass is 192 g/mol. The molecule has 5 nitrogen and oxygen atoms in total. The number of nitrogens with zero attached hydrogens (tertiary/aromatic N) is 1. The van der Waals surface area contributed by atoms with E-state index in [1.165, 1.54) is 0 Å². The van der Waals surface area contributed by atoms with E-state index in [1.807, 2.05) is 0 Å². The van der Waals surface area contributed by atoms with E-state index in [-0.39, 0.29) is 17.9 Å². The van der Waals surface area contributed by atoms with Crippen molar-refractivity contribution in [2.75, 3.05) is 6.54 Å². The normalized spacial score (nSPS) is 26.4. The van der Waals surface area contributed by atoms with E-state index in [0.717, 1.165) is 0 Å². The lowest BCUT2D eigenvalue weighted by atomic mass is 9.97. The number of carbonyl (C=O) groups excluding carboxylic acids is 1.